The summed E-state index contributed by atoms with van der Waals surface area (Å²) < 4.78 is 5.89. The van der Waals surface area contributed by atoms with Crippen LogP contribution in [0.25, 0.3) is 0 Å². The van der Waals surface area contributed by atoms with E-state index in [2.05, 4.69) is 4.90 Å². The molecule has 0 amide bonds. The topological polar surface area (TPSA) is 29.5 Å². The Morgan fingerprint density at radius 1 is 0.962 bits per heavy atom. The van der Waals surface area contributed by atoms with Gasteiger partial charge in [-0.15, -0.1) is 0 Å². The second-order valence-corrected chi connectivity index (χ2v) is 7.70. The molecular formula is C23H27NO2. The average molecular weight is 349 g/mol. The third-order valence-corrected chi connectivity index (χ3v) is 5.71. The Morgan fingerprint density at radius 3 is 2.54 bits per heavy atom. The van der Waals surface area contributed by atoms with Crippen LogP contribution in [-0.4, -0.2) is 30.3 Å². The second kappa shape index (κ2) is 8.05. The fourth-order valence-corrected chi connectivity index (χ4v) is 4.05. The first-order valence-electron chi connectivity index (χ1n) is 9.87. The first-order valence-corrected chi connectivity index (χ1v) is 9.87. The van der Waals surface area contributed by atoms with Crippen molar-refractivity contribution in [2.45, 2.75) is 32.1 Å². The van der Waals surface area contributed by atoms with Crippen molar-refractivity contribution >= 4 is 5.78 Å². The largest absolute Gasteiger partial charge is 0.457 e. The molecule has 1 atom stereocenters. The molecule has 0 bridgehead atoms. The lowest BCUT2D eigenvalue weighted by atomic mass is 9.83. The minimum Gasteiger partial charge on any atom is -0.457 e. The third kappa shape index (κ3) is 4.16. The van der Waals surface area contributed by atoms with Crippen LogP contribution in [0.2, 0.25) is 0 Å². The molecule has 1 saturated carbocycles. The van der Waals surface area contributed by atoms with Crippen molar-refractivity contribution in [3.8, 4) is 11.5 Å². The lowest BCUT2D eigenvalue weighted by molar-refractivity contribution is 0.0769. The quantitative estimate of drug-likeness (QED) is 0.674. The van der Waals surface area contributed by atoms with Gasteiger partial charge in [0.2, 0.25) is 0 Å². The van der Waals surface area contributed by atoms with Gasteiger partial charge in [0.1, 0.15) is 11.5 Å². The molecule has 1 aliphatic heterocycles. The number of rotatable bonds is 6. The van der Waals surface area contributed by atoms with Crippen LogP contribution in [0.4, 0.5) is 0 Å². The molecule has 1 heterocycles. The summed E-state index contributed by atoms with van der Waals surface area (Å²) in [5, 5.41) is 0. The zero-order valence-corrected chi connectivity index (χ0v) is 15.3. The number of carbonyl (C=O) groups excluding carboxylic acids is 1. The van der Waals surface area contributed by atoms with Crippen LogP contribution in [0.1, 0.15) is 42.5 Å². The maximum Gasteiger partial charge on any atom is 0.167 e. The van der Waals surface area contributed by atoms with E-state index in [-0.39, 0.29) is 11.7 Å². The SMILES string of the molecule is O=C(c1cccc(Oc2ccccc2)c1)C1CCCN(CC2CCC2)C1. The summed E-state index contributed by atoms with van der Waals surface area (Å²) in [4.78, 5) is 15.6. The molecular weight excluding hydrogens is 322 g/mol. The van der Waals surface area contributed by atoms with Gasteiger partial charge in [-0.05, 0) is 62.4 Å². The highest BCUT2D eigenvalue weighted by Gasteiger charge is 2.29. The van der Waals surface area contributed by atoms with Gasteiger partial charge < -0.3 is 9.64 Å². The molecule has 0 radical (unpaired) electrons. The molecule has 1 saturated heterocycles. The van der Waals surface area contributed by atoms with E-state index in [0.29, 0.717) is 0 Å². The second-order valence-electron chi connectivity index (χ2n) is 7.70. The van der Waals surface area contributed by atoms with Gasteiger partial charge in [-0.1, -0.05) is 36.8 Å². The van der Waals surface area contributed by atoms with Gasteiger partial charge in [-0.3, -0.25) is 4.79 Å². The Morgan fingerprint density at radius 2 is 1.77 bits per heavy atom. The minimum absolute atomic E-state index is 0.121. The number of hydrogen-bond donors (Lipinski definition) is 0. The van der Waals surface area contributed by atoms with Gasteiger partial charge in [-0.25, -0.2) is 0 Å². The molecule has 0 N–H and O–H groups in total. The van der Waals surface area contributed by atoms with Crippen molar-refractivity contribution in [1.29, 1.82) is 0 Å². The highest BCUT2D eigenvalue weighted by Crippen LogP contribution is 2.30. The molecule has 136 valence electrons. The fraction of sp³-hybridized carbons (Fsp3) is 0.435. The highest BCUT2D eigenvalue weighted by molar-refractivity contribution is 5.98. The number of ketones is 1. The maximum absolute atomic E-state index is 13.0. The number of nitrogens with zero attached hydrogens (tertiary/aromatic N) is 1. The van der Waals surface area contributed by atoms with Crippen LogP contribution in [0.15, 0.2) is 54.6 Å². The predicted octanol–water partition coefficient (Wildman–Crippen LogP) is 5.17. The third-order valence-electron chi connectivity index (χ3n) is 5.71. The van der Waals surface area contributed by atoms with Crippen molar-refractivity contribution in [2.75, 3.05) is 19.6 Å². The first-order chi connectivity index (χ1) is 12.8. The number of carbonyl (C=O) groups is 1. The molecule has 2 aliphatic rings. The summed E-state index contributed by atoms with van der Waals surface area (Å²) in [5.74, 6) is 2.77. The average Bonchev–Trinajstić information content (AvgIpc) is 2.65. The van der Waals surface area contributed by atoms with Gasteiger partial charge in [0.05, 0.1) is 0 Å². The molecule has 26 heavy (non-hydrogen) atoms. The van der Waals surface area contributed by atoms with E-state index < -0.39 is 0 Å². The molecule has 4 rings (SSSR count). The Labute approximate surface area is 156 Å². The number of ether oxygens (including phenoxy) is 1. The van der Waals surface area contributed by atoms with Crippen LogP contribution in [0.3, 0.4) is 0 Å². The normalized spacial score (nSPS) is 21.2. The molecule has 2 fully saturated rings. The van der Waals surface area contributed by atoms with Crippen LogP contribution in [-0.2, 0) is 0 Å². The van der Waals surface area contributed by atoms with Crippen LogP contribution in [0.5, 0.6) is 11.5 Å². The summed E-state index contributed by atoms with van der Waals surface area (Å²) in [6, 6.07) is 17.3. The number of benzene rings is 2. The summed E-state index contributed by atoms with van der Waals surface area (Å²) in [5.41, 5.74) is 0.772. The summed E-state index contributed by atoms with van der Waals surface area (Å²) in [6.07, 6.45) is 6.25. The first kappa shape index (κ1) is 17.3. The Hall–Kier alpha value is -2.13. The van der Waals surface area contributed by atoms with Crippen molar-refractivity contribution in [3.63, 3.8) is 0 Å². The van der Waals surface area contributed by atoms with Crippen molar-refractivity contribution < 1.29 is 9.53 Å². The zero-order valence-electron chi connectivity index (χ0n) is 15.3. The number of hydrogen-bond acceptors (Lipinski definition) is 3. The van der Waals surface area contributed by atoms with Gasteiger partial charge in [0.15, 0.2) is 5.78 Å². The molecule has 0 aromatic heterocycles. The van der Waals surface area contributed by atoms with E-state index in [1.165, 1.54) is 25.8 Å². The molecule has 3 nitrogen and oxygen atoms in total. The number of piperidine rings is 1. The zero-order chi connectivity index (χ0) is 17.8. The Kier molecular flexibility index (Phi) is 5.35. The molecule has 2 aromatic rings. The molecule has 1 aliphatic carbocycles. The van der Waals surface area contributed by atoms with E-state index in [1.54, 1.807) is 0 Å². The number of likely N-dealkylation sites (tertiary alicyclic amines) is 1. The van der Waals surface area contributed by atoms with Gasteiger partial charge in [0, 0.05) is 24.6 Å². The lowest BCUT2D eigenvalue weighted by Crippen LogP contribution is -2.42. The predicted molar refractivity (Wildman–Crippen MR) is 104 cm³/mol. The number of para-hydroxylation sites is 1. The van der Waals surface area contributed by atoms with Crippen molar-refractivity contribution in [1.82, 2.24) is 4.90 Å². The van der Waals surface area contributed by atoms with Gasteiger partial charge >= 0.3 is 0 Å². The number of Topliss-reactive ketones (excluding diaryl/α,β-unsaturated/α-hetero) is 1. The van der Waals surface area contributed by atoms with E-state index in [0.717, 1.165) is 48.9 Å². The Bertz CT molecular complexity index is 739. The standard InChI is InChI=1S/C23H27NO2/c25-23(20-10-6-14-24(17-20)16-18-7-4-8-18)19-9-5-13-22(15-19)26-21-11-2-1-3-12-21/h1-3,5,9,11-13,15,18,20H,4,6-8,10,14,16-17H2. The fourth-order valence-electron chi connectivity index (χ4n) is 4.05. The van der Waals surface area contributed by atoms with E-state index in [4.69, 9.17) is 4.74 Å². The molecule has 3 heteroatoms. The summed E-state index contributed by atoms with van der Waals surface area (Å²) in [7, 11) is 0. The van der Waals surface area contributed by atoms with Gasteiger partial charge in [0.25, 0.3) is 0 Å². The lowest BCUT2D eigenvalue weighted by Gasteiger charge is -2.37. The minimum atomic E-state index is 0.121. The van der Waals surface area contributed by atoms with Gasteiger partial charge in [-0.2, -0.15) is 0 Å². The van der Waals surface area contributed by atoms with E-state index in [1.807, 2.05) is 54.6 Å². The molecule has 1 unspecified atom stereocenters. The summed E-state index contributed by atoms with van der Waals surface area (Å²) in [6.45, 7) is 3.25. The van der Waals surface area contributed by atoms with Crippen LogP contribution in [0, 0.1) is 11.8 Å². The van der Waals surface area contributed by atoms with Crippen LogP contribution < -0.4 is 4.74 Å². The van der Waals surface area contributed by atoms with Crippen molar-refractivity contribution in [2.24, 2.45) is 11.8 Å². The highest BCUT2D eigenvalue weighted by atomic mass is 16.5. The molecule has 0 spiro atoms. The van der Waals surface area contributed by atoms with E-state index >= 15 is 0 Å². The van der Waals surface area contributed by atoms with Crippen molar-refractivity contribution in [3.05, 3.63) is 60.2 Å². The smallest absolute Gasteiger partial charge is 0.167 e. The monoisotopic (exact) mass is 349 g/mol. The maximum atomic E-state index is 13.0. The van der Waals surface area contributed by atoms with E-state index in [9.17, 15) is 4.79 Å². The molecule has 2 aromatic carbocycles. The summed E-state index contributed by atoms with van der Waals surface area (Å²) >= 11 is 0. The van der Waals surface area contributed by atoms with Crippen LogP contribution >= 0.6 is 0 Å². The Balaban J connectivity index is 1.41.